The van der Waals surface area contributed by atoms with Gasteiger partial charge in [0.1, 0.15) is 11.4 Å². The van der Waals surface area contributed by atoms with E-state index in [1.165, 1.54) is 0 Å². The highest BCUT2D eigenvalue weighted by Gasteiger charge is 2.25. The minimum atomic E-state index is -0.401. The van der Waals surface area contributed by atoms with Crippen LogP contribution >= 0.6 is 0 Å². The lowest BCUT2D eigenvalue weighted by Crippen LogP contribution is -2.44. The number of rotatable bonds is 4. The zero-order chi connectivity index (χ0) is 14.8. The van der Waals surface area contributed by atoms with Gasteiger partial charge in [-0.15, -0.1) is 0 Å². The maximum Gasteiger partial charge on any atom is 0.239 e. The van der Waals surface area contributed by atoms with Gasteiger partial charge in [0.2, 0.25) is 5.88 Å². The zero-order valence-corrected chi connectivity index (χ0v) is 12.7. The number of likely N-dealkylation sites (N-methyl/N-ethyl adjacent to an activating group) is 1. The summed E-state index contributed by atoms with van der Waals surface area (Å²) >= 11 is 0. The van der Waals surface area contributed by atoms with Crippen LogP contribution in [0.15, 0.2) is 12.1 Å². The van der Waals surface area contributed by atoms with Gasteiger partial charge in [-0.1, -0.05) is 0 Å². The molecule has 0 atom stereocenters. The quantitative estimate of drug-likeness (QED) is 0.873. The molecular weight excluding hydrogens is 242 g/mol. The Morgan fingerprint density at radius 3 is 2.32 bits per heavy atom. The van der Waals surface area contributed by atoms with Crippen molar-refractivity contribution in [3.8, 4) is 5.88 Å². The maximum atomic E-state index is 9.41. The van der Waals surface area contributed by atoms with Crippen LogP contribution in [0.2, 0.25) is 0 Å². The SMILES string of the molecule is CN(c1ccc(N)c(OC(C)(C)C)n1)C(C)(C)CO. The lowest BCUT2D eigenvalue weighted by atomic mass is 10.1. The van der Waals surface area contributed by atoms with Crippen molar-refractivity contribution in [3.05, 3.63) is 12.1 Å². The Morgan fingerprint density at radius 2 is 1.84 bits per heavy atom. The number of ether oxygens (including phenoxy) is 1. The van der Waals surface area contributed by atoms with Gasteiger partial charge >= 0.3 is 0 Å². The molecule has 108 valence electrons. The molecule has 0 saturated heterocycles. The summed E-state index contributed by atoms with van der Waals surface area (Å²) in [7, 11) is 1.88. The molecule has 0 amide bonds. The Kier molecular flexibility index (Phi) is 4.30. The highest BCUT2D eigenvalue weighted by Crippen LogP contribution is 2.28. The fraction of sp³-hybridized carbons (Fsp3) is 0.643. The van der Waals surface area contributed by atoms with Gasteiger partial charge in [0.15, 0.2) is 0 Å². The van der Waals surface area contributed by atoms with E-state index < -0.39 is 5.54 Å². The normalized spacial score (nSPS) is 12.4. The third-order valence-electron chi connectivity index (χ3n) is 2.92. The van der Waals surface area contributed by atoms with Crippen molar-refractivity contribution in [3.63, 3.8) is 0 Å². The third-order valence-corrected chi connectivity index (χ3v) is 2.92. The van der Waals surface area contributed by atoms with Crippen molar-refractivity contribution < 1.29 is 9.84 Å². The molecule has 0 aliphatic carbocycles. The van der Waals surface area contributed by atoms with Crippen molar-refractivity contribution in [1.29, 1.82) is 0 Å². The third kappa shape index (κ3) is 3.99. The van der Waals surface area contributed by atoms with Gasteiger partial charge in [0, 0.05) is 7.05 Å². The van der Waals surface area contributed by atoms with Crippen molar-refractivity contribution >= 4 is 11.5 Å². The van der Waals surface area contributed by atoms with Crippen LogP contribution < -0.4 is 15.4 Å². The number of nitrogen functional groups attached to an aromatic ring is 1. The van der Waals surface area contributed by atoms with Crippen LogP contribution in [0.5, 0.6) is 5.88 Å². The smallest absolute Gasteiger partial charge is 0.239 e. The highest BCUT2D eigenvalue weighted by atomic mass is 16.5. The van der Waals surface area contributed by atoms with Gasteiger partial charge in [-0.3, -0.25) is 0 Å². The van der Waals surface area contributed by atoms with Crippen molar-refractivity contribution in [2.45, 2.75) is 45.8 Å². The second-order valence-electron chi connectivity index (χ2n) is 6.31. The molecule has 0 unspecified atom stereocenters. The Morgan fingerprint density at radius 1 is 1.26 bits per heavy atom. The molecule has 1 aromatic heterocycles. The number of nitrogens with two attached hydrogens (primary N) is 1. The van der Waals surface area contributed by atoms with Gasteiger partial charge < -0.3 is 20.5 Å². The molecule has 1 heterocycles. The summed E-state index contributed by atoms with van der Waals surface area (Å²) < 4.78 is 5.74. The molecule has 0 aliphatic rings. The predicted molar refractivity (Wildman–Crippen MR) is 78.6 cm³/mol. The van der Waals surface area contributed by atoms with E-state index in [-0.39, 0.29) is 12.2 Å². The standard InChI is InChI=1S/C14H25N3O2/c1-13(2,3)19-12-10(15)7-8-11(16-12)17(6)14(4,5)9-18/h7-8,18H,9,15H2,1-6H3. The van der Waals surface area contributed by atoms with Gasteiger partial charge in [-0.05, 0) is 46.8 Å². The first-order valence-corrected chi connectivity index (χ1v) is 6.37. The zero-order valence-electron chi connectivity index (χ0n) is 12.7. The van der Waals surface area contributed by atoms with Crippen LogP contribution in [0.1, 0.15) is 34.6 Å². The van der Waals surface area contributed by atoms with E-state index in [1.807, 2.05) is 52.6 Å². The Balaban J connectivity index is 3.09. The summed E-state index contributed by atoms with van der Waals surface area (Å²) in [6.45, 7) is 9.75. The maximum absolute atomic E-state index is 9.41. The molecule has 1 aromatic rings. The molecule has 0 aliphatic heterocycles. The number of aromatic nitrogens is 1. The largest absolute Gasteiger partial charge is 0.470 e. The number of aliphatic hydroxyl groups excluding tert-OH is 1. The molecule has 1 rings (SSSR count). The fourth-order valence-corrected chi connectivity index (χ4v) is 1.42. The van der Waals surface area contributed by atoms with Crippen molar-refractivity contribution in [2.75, 3.05) is 24.3 Å². The fourth-order valence-electron chi connectivity index (χ4n) is 1.42. The van der Waals surface area contributed by atoms with Crippen LogP contribution in [0.4, 0.5) is 11.5 Å². The molecule has 5 nitrogen and oxygen atoms in total. The van der Waals surface area contributed by atoms with Crippen molar-refractivity contribution in [2.24, 2.45) is 0 Å². The lowest BCUT2D eigenvalue weighted by Gasteiger charge is -2.35. The number of hydrogen-bond donors (Lipinski definition) is 2. The number of hydrogen-bond acceptors (Lipinski definition) is 5. The Labute approximate surface area is 115 Å². The molecule has 0 aromatic carbocycles. The number of pyridine rings is 1. The number of aliphatic hydroxyl groups is 1. The van der Waals surface area contributed by atoms with Gasteiger partial charge in [0.05, 0.1) is 17.8 Å². The van der Waals surface area contributed by atoms with Crippen LogP contribution in [0.25, 0.3) is 0 Å². The minimum absolute atomic E-state index is 0.0328. The summed E-state index contributed by atoms with van der Waals surface area (Å²) in [5.74, 6) is 1.14. The first kappa shape index (κ1) is 15.6. The summed E-state index contributed by atoms with van der Waals surface area (Å²) in [5, 5.41) is 9.41. The van der Waals surface area contributed by atoms with Crippen LogP contribution in [0.3, 0.4) is 0 Å². The molecule has 0 spiro atoms. The van der Waals surface area contributed by atoms with Crippen molar-refractivity contribution in [1.82, 2.24) is 4.98 Å². The van der Waals surface area contributed by atoms with Gasteiger partial charge in [-0.25, -0.2) is 0 Å². The molecule has 19 heavy (non-hydrogen) atoms. The molecule has 0 fully saturated rings. The molecular formula is C14H25N3O2. The lowest BCUT2D eigenvalue weighted by molar-refractivity contribution is 0.125. The summed E-state index contributed by atoms with van der Waals surface area (Å²) in [6, 6.07) is 3.59. The van der Waals surface area contributed by atoms with E-state index in [0.29, 0.717) is 17.4 Å². The predicted octanol–water partition coefficient (Wildman–Crippen LogP) is 2.05. The summed E-state index contributed by atoms with van der Waals surface area (Å²) in [4.78, 5) is 6.34. The Bertz CT molecular complexity index is 439. The topological polar surface area (TPSA) is 71.6 Å². The Hall–Kier alpha value is -1.49. The first-order chi connectivity index (χ1) is 8.57. The van der Waals surface area contributed by atoms with E-state index in [0.717, 1.165) is 0 Å². The monoisotopic (exact) mass is 267 g/mol. The van der Waals surface area contributed by atoms with Crippen LogP contribution in [0, 0.1) is 0 Å². The molecule has 0 saturated carbocycles. The van der Waals surface area contributed by atoms with Crippen LogP contribution in [-0.2, 0) is 0 Å². The van der Waals surface area contributed by atoms with E-state index in [9.17, 15) is 5.11 Å². The first-order valence-electron chi connectivity index (χ1n) is 6.37. The summed E-state index contributed by atoms with van der Waals surface area (Å²) in [5.41, 5.74) is 5.63. The average molecular weight is 267 g/mol. The number of nitrogens with zero attached hydrogens (tertiary/aromatic N) is 2. The van der Waals surface area contributed by atoms with Crippen LogP contribution in [-0.4, -0.2) is 34.9 Å². The number of anilines is 2. The van der Waals surface area contributed by atoms with Gasteiger partial charge in [-0.2, -0.15) is 4.98 Å². The van der Waals surface area contributed by atoms with E-state index in [2.05, 4.69) is 4.98 Å². The second kappa shape index (κ2) is 5.25. The molecule has 3 N–H and O–H groups in total. The summed E-state index contributed by atoms with van der Waals surface area (Å²) in [6.07, 6.45) is 0. The van der Waals surface area contributed by atoms with Gasteiger partial charge in [0.25, 0.3) is 0 Å². The average Bonchev–Trinajstić information content (AvgIpc) is 2.29. The second-order valence-corrected chi connectivity index (χ2v) is 6.31. The molecule has 0 radical (unpaired) electrons. The van der Waals surface area contributed by atoms with E-state index in [1.54, 1.807) is 6.07 Å². The van der Waals surface area contributed by atoms with E-state index >= 15 is 0 Å². The van der Waals surface area contributed by atoms with E-state index in [4.69, 9.17) is 10.5 Å². The minimum Gasteiger partial charge on any atom is -0.470 e. The molecule has 5 heteroatoms. The molecule has 0 bridgehead atoms. The highest BCUT2D eigenvalue weighted by molar-refractivity contribution is 5.55.